The zero-order chi connectivity index (χ0) is 11.7. The lowest BCUT2D eigenvalue weighted by molar-refractivity contribution is 0.104. The molecular weight excluding hydrogens is 209 g/mol. The van der Waals surface area contributed by atoms with E-state index in [1.807, 2.05) is 0 Å². The fourth-order valence-corrected chi connectivity index (χ4v) is 2.90. The Morgan fingerprint density at radius 2 is 1.87 bits per heavy atom. The van der Waals surface area contributed by atoms with Crippen molar-refractivity contribution in [2.24, 2.45) is 0 Å². The maximum Gasteiger partial charge on any atom is 0.192 e. The minimum atomic E-state index is -1.73. The van der Waals surface area contributed by atoms with Gasteiger partial charge in [-0.15, -0.1) is 0 Å². The highest BCUT2D eigenvalue weighted by Crippen LogP contribution is 2.37. The summed E-state index contributed by atoms with van der Waals surface area (Å²) >= 11 is 0. The molecule has 2 atom stereocenters. The fourth-order valence-electron chi connectivity index (χ4n) is 1.54. The van der Waals surface area contributed by atoms with Crippen molar-refractivity contribution in [2.75, 3.05) is 13.1 Å². The Labute approximate surface area is 93.7 Å². The van der Waals surface area contributed by atoms with Crippen LogP contribution in [0.3, 0.4) is 0 Å². The Kier molecular flexibility index (Phi) is 3.95. The first-order chi connectivity index (χ1) is 6.72. The van der Waals surface area contributed by atoms with E-state index < -0.39 is 14.5 Å². The van der Waals surface area contributed by atoms with Gasteiger partial charge in [0.25, 0.3) is 0 Å². The van der Waals surface area contributed by atoms with Crippen molar-refractivity contribution in [2.45, 2.75) is 57.6 Å². The smallest absolute Gasteiger partial charge is 0.192 e. The highest BCUT2D eigenvalue weighted by Gasteiger charge is 2.40. The standard InChI is InChI=1S/C11H24FNOSi/c1-11(2,3)15(4,5)14-10-6-9(12)7-13-8-10/h9-10,13H,6-8H2,1-5H3/t9-,10-/m0/s1. The second kappa shape index (κ2) is 4.51. The summed E-state index contributed by atoms with van der Waals surface area (Å²) < 4.78 is 19.3. The van der Waals surface area contributed by atoms with E-state index in [9.17, 15) is 4.39 Å². The molecule has 0 aromatic carbocycles. The highest BCUT2D eigenvalue weighted by molar-refractivity contribution is 6.74. The molecule has 4 heteroatoms. The van der Waals surface area contributed by atoms with E-state index in [2.05, 4.69) is 39.2 Å². The van der Waals surface area contributed by atoms with Crippen LogP contribution in [0, 0.1) is 0 Å². The Morgan fingerprint density at radius 1 is 1.27 bits per heavy atom. The van der Waals surface area contributed by atoms with Gasteiger partial charge >= 0.3 is 0 Å². The largest absolute Gasteiger partial charge is 0.413 e. The Hall–Kier alpha value is 0.0669. The molecule has 1 saturated heterocycles. The van der Waals surface area contributed by atoms with Crippen LogP contribution >= 0.6 is 0 Å². The van der Waals surface area contributed by atoms with E-state index >= 15 is 0 Å². The molecule has 0 aromatic rings. The van der Waals surface area contributed by atoms with E-state index in [0.717, 1.165) is 6.54 Å². The summed E-state index contributed by atoms with van der Waals surface area (Å²) in [5, 5.41) is 3.29. The predicted octanol–water partition coefficient (Wildman–Crippen LogP) is 2.71. The number of hydrogen-bond donors (Lipinski definition) is 1. The minimum Gasteiger partial charge on any atom is -0.413 e. The van der Waals surface area contributed by atoms with Gasteiger partial charge in [0, 0.05) is 19.5 Å². The molecular formula is C11H24FNOSi. The summed E-state index contributed by atoms with van der Waals surface area (Å²) in [7, 11) is -1.73. The van der Waals surface area contributed by atoms with Crippen molar-refractivity contribution in [3.8, 4) is 0 Å². The minimum absolute atomic E-state index is 0.0645. The molecule has 1 fully saturated rings. The third-order valence-corrected chi connectivity index (χ3v) is 8.06. The average molecular weight is 233 g/mol. The van der Waals surface area contributed by atoms with E-state index in [1.54, 1.807) is 0 Å². The van der Waals surface area contributed by atoms with Crippen molar-refractivity contribution < 1.29 is 8.82 Å². The SMILES string of the molecule is CC(C)(C)[Si](C)(C)O[C@@H]1CNC[C@@H](F)C1. The molecule has 90 valence electrons. The van der Waals surface area contributed by atoms with Crippen LogP contribution in [0.2, 0.25) is 18.1 Å². The van der Waals surface area contributed by atoms with Gasteiger partial charge in [0.2, 0.25) is 0 Å². The second-order valence-corrected chi connectivity index (χ2v) is 10.7. The number of halogens is 1. The van der Waals surface area contributed by atoms with Gasteiger partial charge in [0.15, 0.2) is 8.32 Å². The highest BCUT2D eigenvalue weighted by atomic mass is 28.4. The van der Waals surface area contributed by atoms with Crippen molar-refractivity contribution in [3.05, 3.63) is 0 Å². The molecule has 15 heavy (non-hydrogen) atoms. The third-order valence-electron chi connectivity index (χ3n) is 3.52. The topological polar surface area (TPSA) is 21.3 Å². The van der Waals surface area contributed by atoms with Crippen LogP contribution in [0.1, 0.15) is 27.2 Å². The Balaban J connectivity index is 2.53. The molecule has 1 aliphatic rings. The molecule has 0 aromatic heterocycles. The van der Waals surface area contributed by atoms with Crippen LogP contribution < -0.4 is 5.32 Å². The monoisotopic (exact) mass is 233 g/mol. The molecule has 1 heterocycles. The first kappa shape index (κ1) is 13.1. The first-order valence-electron chi connectivity index (χ1n) is 5.75. The quantitative estimate of drug-likeness (QED) is 0.741. The van der Waals surface area contributed by atoms with E-state index in [1.165, 1.54) is 0 Å². The van der Waals surface area contributed by atoms with Crippen LogP contribution in [0.15, 0.2) is 0 Å². The summed E-state index contributed by atoms with van der Waals surface area (Å²) in [4.78, 5) is 0. The molecule has 0 unspecified atom stereocenters. The summed E-state index contributed by atoms with van der Waals surface area (Å²) in [6, 6.07) is 0. The van der Waals surface area contributed by atoms with Gasteiger partial charge < -0.3 is 9.74 Å². The van der Waals surface area contributed by atoms with E-state index in [4.69, 9.17) is 4.43 Å². The molecule has 0 saturated carbocycles. The summed E-state index contributed by atoms with van der Waals surface area (Å²) in [6.45, 7) is 12.3. The van der Waals surface area contributed by atoms with Gasteiger partial charge in [-0.05, 0) is 18.1 Å². The maximum atomic E-state index is 13.2. The number of alkyl halides is 1. The van der Waals surface area contributed by atoms with Gasteiger partial charge in [0.05, 0.1) is 6.10 Å². The summed E-state index contributed by atoms with van der Waals surface area (Å²) in [6.07, 6.45) is -0.123. The molecule has 0 spiro atoms. The number of rotatable bonds is 2. The third kappa shape index (κ3) is 3.54. The molecule has 2 nitrogen and oxygen atoms in total. The Morgan fingerprint density at radius 3 is 2.33 bits per heavy atom. The molecule has 0 aliphatic carbocycles. The lowest BCUT2D eigenvalue weighted by Crippen LogP contribution is -2.50. The molecule has 0 amide bonds. The van der Waals surface area contributed by atoms with Crippen molar-refractivity contribution in [1.82, 2.24) is 5.32 Å². The second-order valence-electron chi connectivity index (χ2n) is 5.99. The first-order valence-corrected chi connectivity index (χ1v) is 8.66. The normalized spacial score (nSPS) is 29.2. The van der Waals surface area contributed by atoms with Crippen LogP contribution in [0.25, 0.3) is 0 Å². The van der Waals surface area contributed by atoms with Crippen molar-refractivity contribution in [3.63, 3.8) is 0 Å². The van der Waals surface area contributed by atoms with E-state index in [-0.39, 0.29) is 11.1 Å². The van der Waals surface area contributed by atoms with Crippen LogP contribution in [0.5, 0.6) is 0 Å². The Bertz CT molecular complexity index is 215. The molecule has 0 bridgehead atoms. The predicted molar refractivity (Wildman–Crippen MR) is 64.5 cm³/mol. The summed E-state index contributed by atoms with van der Waals surface area (Å²) in [5.74, 6) is 0. The average Bonchev–Trinajstić information content (AvgIpc) is 2.00. The van der Waals surface area contributed by atoms with Crippen molar-refractivity contribution in [1.29, 1.82) is 0 Å². The number of nitrogens with one attached hydrogen (secondary N) is 1. The molecule has 1 rings (SSSR count). The zero-order valence-electron chi connectivity index (χ0n) is 10.6. The molecule has 1 N–H and O–H groups in total. The van der Waals surface area contributed by atoms with Gasteiger partial charge in [-0.1, -0.05) is 20.8 Å². The van der Waals surface area contributed by atoms with Gasteiger partial charge in [-0.25, -0.2) is 4.39 Å². The van der Waals surface area contributed by atoms with E-state index in [0.29, 0.717) is 13.0 Å². The lowest BCUT2D eigenvalue weighted by atomic mass is 10.1. The maximum absolute atomic E-state index is 13.2. The van der Waals surface area contributed by atoms with Gasteiger partial charge in [-0.2, -0.15) is 0 Å². The molecule has 0 radical (unpaired) electrons. The van der Waals surface area contributed by atoms with Crippen LogP contribution in [0.4, 0.5) is 4.39 Å². The number of hydrogen-bond acceptors (Lipinski definition) is 2. The van der Waals surface area contributed by atoms with Crippen LogP contribution in [-0.2, 0) is 4.43 Å². The zero-order valence-corrected chi connectivity index (χ0v) is 11.6. The van der Waals surface area contributed by atoms with Gasteiger partial charge in [0.1, 0.15) is 6.17 Å². The van der Waals surface area contributed by atoms with Crippen molar-refractivity contribution >= 4 is 8.32 Å². The fraction of sp³-hybridized carbons (Fsp3) is 1.00. The number of piperidine rings is 1. The lowest BCUT2D eigenvalue weighted by Gasteiger charge is -2.40. The summed E-state index contributed by atoms with van der Waals surface area (Å²) in [5.41, 5.74) is 0. The van der Waals surface area contributed by atoms with Crippen LogP contribution in [-0.4, -0.2) is 33.7 Å². The molecule has 1 aliphatic heterocycles. The van der Waals surface area contributed by atoms with Gasteiger partial charge in [-0.3, -0.25) is 0 Å².